The van der Waals surface area contributed by atoms with Gasteiger partial charge in [0.2, 0.25) is 23.6 Å². The summed E-state index contributed by atoms with van der Waals surface area (Å²) in [4.78, 5) is 64.2. The zero-order valence-electron chi connectivity index (χ0n) is 21.8. The molecule has 0 spiro atoms. The van der Waals surface area contributed by atoms with Crippen LogP contribution in [0, 0.1) is 17.8 Å². The summed E-state index contributed by atoms with van der Waals surface area (Å²) in [6, 6.07) is -6.03. The largest absolute Gasteiger partial charge is 0.471 e. The summed E-state index contributed by atoms with van der Waals surface area (Å²) in [6.07, 6.45) is -3.27. The first kappa shape index (κ1) is 30.0. The number of hydrogen-bond acceptors (Lipinski definition) is 5. The summed E-state index contributed by atoms with van der Waals surface area (Å²) >= 11 is 0. The van der Waals surface area contributed by atoms with Gasteiger partial charge in [0, 0.05) is 24.9 Å². The number of carbonyl (C=O) groups excluding carboxylic acids is 5. The minimum Gasteiger partial charge on any atom is -0.368 e. The Kier molecular flexibility index (Phi) is 8.60. The van der Waals surface area contributed by atoms with Crippen LogP contribution in [0.5, 0.6) is 0 Å². The van der Waals surface area contributed by atoms with Gasteiger partial charge >= 0.3 is 12.1 Å². The predicted molar refractivity (Wildman–Crippen MR) is 128 cm³/mol. The van der Waals surface area contributed by atoms with E-state index in [-0.39, 0.29) is 37.5 Å². The van der Waals surface area contributed by atoms with Gasteiger partial charge in [-0.05, 0) is 44.4 Å². The second-order valence-corrected chi connectivity index (χ2v) is 11.4. The third kappa shape index (κ3) is 6.32. The Labute approximate surface area is 227 Å². The summed E-state index contributed by atoms with van der Waals surface area (Å²) in [5, 5.41) is 6.70. The average Bonchev–Trinajstić information content (AvgIpc) is 2.84. The van der Waals surface area contributed by atoms with Gasteiger partial charge in [-0.15, -0.1) is 0 Å². The first-order chi connectivity index (χ1) is 18.7. The molecule has 0 unspecified atom stereocenters. The van der Waals surface area contributed by atoms with Crippen molar-refractivity contribution in [1.82, 2.24) is 20.9 Å². The number of fused-ring (bicyclic) bond motifs is 3. The Morgan fingerprint density at radius 1 is 1.00 bits per heavy atom. The van der Waals surface area contributed by atoms with Gasteiger partial charge < -0.3 is 26.6 Å². The van der Waals surface area contributed by atoms with Crippen LogP contribution in [-0.2, 0) is 24.0 Å². The van der Waals surface area contributed by atoms with Gasteiger partial charge in [0.25, 0.3) is 5.92 Å². The van der Waals surface area contributed by atoms with Gasteiger partial charge in [-0.2, -0.15) is 13.2 Å². The quantitative estimate of drug-likeness (QED) is 0.302. The van der Waals surface area contributed by atoms with E-state index in [9.17, 15) is 37.1 Å². The fourth-order valence-electron chi connectivity index (χ4n) is 6.38. The lowest BCUT2D eigenvalue weighted by atomic mass is 9.70. The van der Waals surface area contributed by atoms with Crippen molar-refractivity contribution in [2.75, 3.05) is 6.54 Å². The Bertz CT molecular complexity index is 1040. The van der Waals surface area contributed by atoms with Crippen LogP contribution in [0.4, 0.5) is 22.0 Å². The smallest absolute Gasteiger partial charge is 0.368 e. The van der Waals surface area contributed by atoms with Crippen LogP contribution in [0.25, 0.3) is 0 Å². The van der Waals surface area contributed by atoms with Crippen molar-refractivity contribution in [3.05, 3.63) is 0 Å². The third-order valence-corrected chi connectivity index (χ3v) is 8.69. The lowest BCUT2D eigenvalue weighted by Crippen LogP contribution is -2.71. The number of alkyl halides is 5. The molecule has 0 radical (unpaired) electrons. The molecule has 0 aromatic carbocycles. The molecule has 224 valence electrons. The predicted octanol–water partition coefficient (Wildman–Crippen LogP) is 1.12. The number of primary amides is 1. The summed E-state index contributed by atoms with van der Waals surface area (Å²) in [5.74, 6) is -11.6. The number of nitrogens with two attached hydrogens (primary N) is 1. The van der Waals surface area contributed by atoms with Crippen molar-refractivity contribution in [2.45, 2.75) is 100 Å². The number of piperidine rings is 3. The Balaban J connectivity index is 1.59. The van der Waals surface area contributed by atoms with Gasteiger partial charge in [0.1, 0.15) is 18.1 Å². The first-order valence-electron chi connectivity index (χ1n) is 13.6. The lowest BCUT2D eigenvalue weighted by molar-refractivity contribution is -0.196. The summed E-state index contributed by atoms with van der Waals surface area (Å²) < 4.78 is 69.3. The zero-order chi connectivity index (χ0) is 29.4. The van der Waals surface area contributed by atoms with Crippen molar-refractivity contribution < 1.29 is 45.9 Å². The van der Waals surface area contributed by atoms with Crippen LogP contribution in [0.3, 0.4) is 0 Å². The van der Waals surface area contributed by atoms with Crippen molar-refractivity contribution in [1.29, 1.82) is 0 Å². The lowest BCUT2D eigenvalue weighted by Gasteiger charge is -2.54. The number of halogens is 5. The van der Waals surface area contributed by atoms with Crippen LogP contribution in [0.2, 0.25) is 0 Å². The average molecular weight is 580 g/mol. The van der Waals surface area contributed by atoms with E-state index in [4.69, 9.17) is 5.73 Å². The van der Waals surface area contributed by atoms with Gasteiger partial charge in [-0.25, -0.2) is 8.78 Å². The van der Waals surface area contributed by atoms with Gasteiger partial charge in [0.05, 0.1) is 5.92 Å². The molecule has 15 heteroatoms. The molecule has 2 aliphatic carbocycles. The topological polar surface area (TPSA) is 151 Å². The molecule has 5 rings (SSSR count). The molecule has 0 aromatic heterocycles. The number of rotatable bonds is 9. The molecule has 10 nitrogen and oxygen atoms in total. The van der Waals surface area contributed by atoms with Crippen molar-refractivity contribution >= 4 is 29.5 Å². The maximum absolute atomic E-state index is 15.0. The standard InChI is InChI=1S/C25H34F5N5O5/c26-24(27)11-14-6-7-15(24)18(21(38)33-16(19(31)36)10-13-5-2-8-32-20(13)37)35(14)22(39)17(9-12-3-1-4-12)34-23(40)25(28,29)30/h12-18H,1-11H2,(H2,31,36)(H,32,37)(H,33,38)(H,34,40)/t13-,14-,15-,16-,17-,18-/m0/s1. The highest BCUT2D eigenvalue weighted by molar-refractivity contribution is 5.95. The maximum atomic E-state index is 15.0. The van der Waals surface area contributed by atoms with Crippen molar-refractivity contribution in [3.63, 3.8) is 0 Å². The van der Waals surface area contributed by atoms with E-state index in [1.54, 1.807) is 5.32 Å². The van der Waals surface area contributed by atoms with Gasteiger partial charge in [0.15, 0.2) is 0 Å². The van der Waals surface area contributed by atoms with Gasteiger partial charge in [-0.1, -0.05) is 19.3 Å². The van der Waals surface area contributed by atoms with Crippen LogP contribution >= 0.6 is 0 Å². The first-order valence-corrected chi connectivity index (χ1v) is 13.6. The molecule has 3 heterocycles. The molecular weight excluding hydrogens is 545 g/mol. The molecule has 6 atom stereocenters. The van der Waals surface area contributed by atoms with E-state index in [0.717, 1.165) is 11.3 Å². The molecule has 5 fully saturated rings. The molecule has 5 aliphatic rings. The number of nitrogens with zero attached hydrogens (tertiary/aromatic N) is 1. The highest BCUT2D eigenvalue weighted by Crippen LogP contribution is 2.49. The zero-order valence-corrected chi connectivity index (χ0v) is 21.8. The monoisotopic (exact) mass is 579 g/mol. The van der Waals surface area contributed by atoms with E-state index < -0.39 is 78.2 Å². The molecule has 0 aromatic rings. The van der Waals surface area contributed by atoms with E-state index in [1.165, 1.54) is 0 Å². The normalized spacial score (nSPS) is 29.5. The minimum absolute atomic E-state index is 0.0979. The Morgan fingerprint density at radius 2 is 1.70 bits per heavy atom. The SMILES string of the molecule is NC(=O)[C@H](C[C@@H]1CCCNC1=O)NC(=O)[C@@H]1[C@@H]2CC[C@@H](CC2(F)F)N1C(=O)[C@H](CC1CCC1)NC(=O)C(F)(F)F. The number of amides is 5. The molecule has 2 bridgehead atoms. The summed E-state index contributed by atoms with van der Waals surface area (Å²) in [7, 11) is 0. The summed E-state index contributed by atoms with van der Waals surface area (Å²) in [6.45, 7) is 0.452. The molecule has 5 N–H and O–H groups in total. The van der Waals surface area contributed by atoms with Crippen LogP contribution in [0.15, 0.2) is 0 Å². The molecule has 2 saturated carbocycles. The van der Waals surface area contributed by atoms with Gasteiger partial charge in [-0.3, -0.25) is 24.0 Å². The molecule has 5 amide bonds. The number of carbonyl (C=O) groups is 5. The highest BCUT2D eigenvalue weighted by atomic mass is 19.4. The number of hydrogen-bond donors (Lipinski definition) is 4. The summed E-state index contributed by atoms with van der Waals surface area (Å²) in [5.41, 5.74) is 5.45. The Hall–Kier alpha value is -3.00. The van der Waals surface area contributed by atoms with E-state index in [0.29, 0.717) is 32.2 Å². The maximum Gasteiger partial charge on any atom is 0.471 e. The van der Waals surface area contributed by atoms with Crippen LogP contribution < -0.4 is 21.7 Å². The molecule has 3 saturated heterocycles. The van der Waals surface area contributed by atoms with E-state index in [2.05, 4.69) is 10.6 Å². The highest BCUT2D eigenvalue weighted by Gasteiger charge is 2.61. The fourth-order valence-corrected chi connectivity index (χ4v) is 6.38. The third-order valence-electron chi connectivity index (χ3n) is 8.69. The van der Waals surface area contributed by atoms with Crippen molar-refractivity contribution in [3.8, 4) is 0 Å². The number of nitrogens with one attached hydrogen (secondary N) is 3. The van der Waals surface area contributed by atoms with Crippen LogP contribution in [-0.4, -0.2) is 77.2 Å². The second-order valence-electron chi connectivity index (χ2n) is 11.4. The Morgan fingerprint density at radius 3 is 2.25 bits per heavy atom. The van der Waals surface area contributed by atoms with E-state index >= 15 is 8.78 Å². The molecular formula is C25H34F5N5O5. The van der Waals surface area contributed by atoms with Crippen molar-refractivity contribution in [2.24, 2.45) is 23.5 Å². The molecule has 40 heavy (non-hydrogen) atoms. The second kappa shape index (κ2) is 11.5. The van der Waals surface area contributed by atoms with E-state index in [1.807, 2.05) is 0 Å². The fraction of sp³-hybridized carbons (Fsp3) is 0.800. The van der Waals surface area contributed by atoms with Crippen LogP contribution in [0.1, 0.15) is 64.2 Å². The molecule has 3 aliphatic heterocycles. The minimum atomic E-state index is -5.27.